The zero-order valence-corrected chi connectivity index (χ0v) is 12.7. The van der Waals surface area contributed by atoms with Gasteiger partial charge in [-0.3, -0.25) is 0 Å². The highest BCUT2D eigenvalue weighted by Gasteiger charge is 2.12. The molecule has 0 aliphatic rings. The van der Waals surface area contributed by atoms with Crippen LogP contribution in [0, 0.1) is 3.57 Å². The molecule has 0 aliphatic heterocycles. The van der Waals surface area contributed by atoms with E-state index in [9.17, 15) is 0 Å². The summed E-state index contributed by atoms with van der Waals surface area (Å²) < 4.78 is 1.07. The van der Waals surface area contributed by atoms with Crippen molar-refractivity contribution in [3.63, 3.8) is 0 Å². The Hall–Kier alpha value is 0.0900. The van der Waals surface area contributed by atoms with Gasteiger partial charge in [-0.1, -0.05) is 15.9 Å². The van der Waals surface area contributed by atoms with Crippen LogP contribution in [0.3, 0.4) is 0 Å². The van der Waals surface area contributed by atoms with Gasteiger partial charge in [0.1, 0.15) is 0 Å². The summed E-state index contributed by atoms with van der Waals surface area (Å²) in [6.07, 6.45) is 4.81. The molecule has 0 N–H and O–H groups in total. The molecular formula is C10H15BrIN3. The molecule has 84 valence electrons. The number of anilines is 1. The van der Waals surface area contributed by atoms with Gasteiger partial charge in [-0.05, 0) is 42.9 Å². The minimum atomic E-state index is 0.434. The second-order valence-corrected chi connectivity index (χ2v) is 5.57. The predicted octanol–water partition coefficient (Wildman–Crippen LogP) is 3.08. The Balaban J connectivity index is 2.74. The van der Waals surface area contributed by atoms with Crippen LogP contribution in [0.2, 0.25) is 0 Å². The lowest BCUT2D eigenvalue weighted by atomic mass is 10.3. The van der Waals surface area contributed by atoms with Crippen molar-refractivity contribution < 1.29 is 0 Å². The minimum absolute atomic E-state index is 0.434. The zero-order chi connectivity index (χ0) is 11.3. The summed E-state index contributed by atoms with van der Waals surface area (Å²) in [5, 5.41) is 1.01. The van der Waals surface area contributed by atoms with E-state index in [1.807, 2.05) is 12.4 Å². The number of aromatic nitrogens is 2. The molecule has 1 heterocycles. The minimum Gasteiger partial charge on any atom is -0.338 e. The van der Waals surface area contributed by atoms with Gasteiger partial charge in [-0.2, -0.15) is 0 Å². The van der Waals surface area contributed by atoms with Crippen LogP contribution >= 0.6 is 38.5 Å². The first-order chi connectivity index (χ1) is 7.15. The SMILES string of the molecule is CC(C)N(CCCBr)c1ncc(I)cn1. The number of hydrogen-bond acceptors (Lipinski definition) is 3. The van der Waals surface area contributed by atoms with Crippen LogP contribution in [0.5, 0.6) is 0 Å². The molecule has 0 bridgehead atoms. The number of hydrogen-bond donors (Lipinski definition) is 0. The van der Waals surface area contributed by atoms with Crippen LogP contribution in [-0.4, -0.2) is 27.9 Å². The third-order valence-corrected chi connectivity index (χ3v) is 3.14. The largest absolute Gasteiger partial charge is 0.338 e. The van der Waals surface area contributed by atoms with E-state index in [0.717, 1.165) is 27.8 Å². The lowest BCUT2D eigenvalue weighted by Crippen LogP contribution is -2.33. The molecule has 5 heteroatoms. The van der Waals surface area contributed by atoms with E-state index in [0.29, 0.717) is 6.04 Å². The summed E-state index contributed by atoms with van der Waals surface area (Å²) in [6.45, 7) is 5.31. The maximum Gasteiger partial charge on any atom is 0.225 e. The molecule has 1 rings (SSSR count). The molecule has 0 unspecified atom stereocenters. The van der Waals surface area contributed by atoms with Gasteiger partial charge in [-0.25, -0.2) is 9.97 Å². The second-order valence-electron chi connectivity index (χ2n) is 3.53. The third-order valence-electron chi connectivity index (χ3n) is 2.02. The number of rotatable bonds is 5. The smallest absolute Gasteiger partial charge is 0.225 e. The Bertz CT molecular complexity index is 289. The van der Waals surface area contributed by atoms with E-state index in [1.54, 1.807) is 0 Å². The van der Waals surface area contributed by atoms with E-state index < -0.39 is 0 Å². The topological polar surface area (TPSA) is 29.0 Å². The lowest BCUT2D eigenvalue weighted by molar-refractivity contribution is 0.654. The van der Waals surface area contributed by atoms with Gasteiger partial charge in [0.2, 0.25) is 5.95 Å². The Labute approximate surface area is 113 Å². The van der Waals surface area contributed by atoms with Crippen LogP contribution in [0.25, 0.3) is 0 Å². The van der Waals surface area contributed by atoms with Gasteiger partial charge in [0, 0.05) is 33.9 Å². The van der Waals surface area contributed by atoms with Gasteiger partial charge in [0.15, 0.2) is 0 Å². The van der Waals surface area contributed by atoms with Crippen molar-refractivity contribution >= 4 is 44.5 Å². The van der Waals surface area contributed by atoms with E-state index in [1.165, 1.54) is 0 Å². The summed E-state index contributed by atoms with van der Waals surface area (Å²) in [5.41, 5.74) is 0. The van der Waals surface area contributed by atoms with Crippen molar-refractivity contribution in [1.82, 2.24) is 9.97 Å². The average Bonchev–Trinajstić information content (AvgIpc) is 2.21. The van der Waals surface area contributed by atoms with Gasteiger partial charge < -0.3 is 4.90 Å². The van der Waals surface area contributed by atoms with Crippen LogP contribution in [0.1, 0.15) is 20.3 Å². The van der Waals surface area contributed by atoms with Crippen LogP contribution in [0.4, 0.5) is 5.95 Å². The van der Waals surface area contributed by atoms with Crippen LogP contribution in [-0.2, 0) is 0 Å². The molecule has 0 atom stereocenters. The molecule has 1 aromatic rings. The first kappa shape index (κ1) is 13.2. The summed E-state index contributed by atoms with van der Waals surface area (Å²) in [6, 6.07) is 0.434. The number of alkyl halides is 1. The molecule has 0 aromatic carbocycles. The molecule has 0 saturated heterocycles. The van der Waals surface area contributed by atoms with Crippen molar-refractivity contribution in [3.05, 3.63) is 16.0 Å². The molecule has 0 radical (unpaired) electrons. The predicted molar refractivity (Wildman–Crippen MR) is 75.6 cm³/mol. The molecule has 0 aliphatic carbocycles. The number of nitrogens with zero attached hydrogens (tertiary/aromatic N) is 3. The van der Waals surface area contributed by atoms with Crippen LogP contribution < -0.4 is 4.90 Å². The Morgan fingerprint density at radius 3 is 2.47 bits per heavy atom. The third kappa shape index (κ3) is 4.22. The van der Waals surface area contributed by atoms with E-state index in [4.69, 9.17) is 0 Å². The monoisotopic (exact) mass is 383 g/mol. The van der Waals surface area contributed by atoms with Crippen LogP contribution in [0.15, 0.2) is 12.4 Å². The molecule has 15 heavy (non-hydrogen) atoms. The molecule has 0 spiro atoms. The summed E-state index contributed by atoms with van der Waals surface area (Å²) >= 11 is 5.66. The van der Waals surface area contributed by atoms with Crippen molar-refractivity contribution in [2.24, 2.45) is 0 Å². The Morgan fingerprint density at radius 2 is 2.00 bits per heavy atom. The highest BCUT2D eigenvalue weighted by Crippen LogP contribution is 2.12. The summed E-state index contributed by atoms with van der Waals surface area (Å²) in [4.78, 5) is 10.9. The average molecular weight is 384 g/mol. The second kappa shape index (κ2) is 6.62. The van der Waals surface area contributed by atoms with E-state index in [-0.39, 0.29) is 0 Å². The number of halogens is 2. The highest BCUT2D eigenvalue weighted by atomic mass is 127. The molecule has 0 saturated carbocycles. The molecule has 0 amide bonds. The molecule has 3 nitrogen and oxygen atoms in total. The normalized spacial score (nSPS) is 10.7. The maximum atomic E-state index is 4.34. The lowest BCUT2D eigenvalue weighted by Gasteiger charge is -2.26. The fraction of sp³-hybridized carbons (Fsp3) is 0.600. The zero-order valence-electron chi connectivity index (χ0n) is 8.95. The molecule has 0 fully saturated rings. The Morgan fingerprint density at radius 1 is 1.40 bits per heavy atom. The summed E-state index contributed by atoms with van der Waals surface area (Å²) in [7, 11) is 0. The van der Waals surface area contributed by atoms with E-state index in [2.05, 4.69) is 67.2 Å². The first-order valence-electron chi connectivity index (χ1n) is 4.95. The van der Waals surface area contributed by atoms with Gasteiger partial charge >= 0.3 is 0 Å². The van der Waals surface area contributed by atoms with Crippen molar-refractivity contribution in [2.45, 2.75) is 26.3 Å². The highest BCUT2D eigenvalue weighted by molar-refractivity contribution is 14.1. The quantitative estimate of drug-likeness (QED) is 0.578. The maximum absolute atomic E-state index is 4.34. The van der Waals surface area contributed by atoms with Crippen molar-refractivity contribution in [3.8, 4) is 0 Å². The van der Waals surface area contributed by atoms with Gasteiger partial charge in [-0.15, -0.1) is 0 Å². The first-order valence-corrected chi connectivity index (χ1v) is 7.15. The fourth-order valence-electron chi connectivity index (χ4n) is 1.27. The van der Waals surface area contributed by atoms with Crippen molar-refractivity contribution in [1.29, 1.82) is 0 Å². The molecular weight excluding hydrogens is 369 g/mol. The standard InChI is InChI=1S/C10H15BrIN3/c1-8(2)15(5-3-4-11)10-13-6-9(12)7-14-10/h6-8H,3-5H2,1-2H3. The molecule has 1 aromatic heterocycles. The van der Waals surface area contributed by atoms with E-state index >= 15 is 0 Å². The Kier molecular flexibility index (Phi) is 5.81. The van der Waals surface area contributed by atoms with Crippen molar-refractivity contribution in [2.75, 3.05) is 16.8 Å². The summed E-state index contributed by atoms with van der Waals surface area (Å²) in [5.74, 6) is 0.825. The van der Waals surface area contributed by atoms with Gasteiger partial charge in [0.05, 0.1) is 0 Å². The fourth-order valence-corrected chi connectivity index (χ4v) is 1.80. The van der Waals surface area contributed by atoms with Gasteiger partial charge in [0.25, 0.3) is 0 Å².